The lowest BCUT2D eigenvalue weighted by atomic mass is 9.82. The van der Waals surface area contributed by atoms with Crippen LogP contribution in [0.15, 0.2) is 6.20 Å². The van der Waals surface area contributed by atoms with Gasteiger partial charge in [0.2, 0.25) is 0 Å². The van der Waals surface area contributed by atoms with Crippen LogP contribution in [0.2, 0.25) is 0 Å². The minimum absolute atomic E-state index is 0.0477. The first-order valence-electron chi connectivity index (χ1n) is 7.09. The van der Waals surface area contributed by atoms with Gasteiger partial charge in [0, 0.05) is 32.1 Å². The van der Waals surface area contributed by atoms with Gasteiger partial charge in [0.25, 0.3) is 0 Å². The van der Waals surface area contributed by atoms with Crippen LogP contribution in [0.25, 0.3) is 0 Å². The minimum Gasteiger partial charge on any atom is -0.378 e. The second-order valence-electron chi connectivity index (χ2n) is 5.54. The van der Waals surface area contributed by atoms with E-state index in [9.17, 15) is 4.79 Å². The highest BCUT2D eigenvalue weighted by Gasteiger charge is 2.43. The molecule has 2 unspecified atom stereocenters. The Labute approximate surface area is 117 Å². The van der Waals surface area contributed by atoms with E-state index < -0.39 is 0 Å². The number of aromatic nitrogens is 3. The molecule has 7 nitrogen and oxygen atoms in total. The average Bonchev–Trinajstić information content (AvgIpc) is 3.09. The summed E-state index contributed by atoms with van der Waals surface area (Å²) < 4.78 is 12.9. The highest BCUT2D eigenvalue weighted by molar-refractivity contribution is 5.95. The molecule has 2 N–H and O–H groups in total. The summed E-state index contributed by atoms with van der Waals surface area (Å²) in [7, 11) is 0. The number of ether oxygens (including phenoxy) is 2. The standard InChI is InChI=1S/C13H20N4O3/c14-3-4-17-8-11(15-16-17)12(18)10-1-5-20-13(7-10)2-6-19-9-13/h8,10H,1-7,9,14H2. The molecule has 1 aromatic rings. The summed E-state index contributed by atoms with van der Waals surface area (Å²) in [6, 6.07) is 0. The van der Waals surface area contributed by atoms with Crippen molar-refractivity contribution in [2.24, 2.45) is 11.7 Å². The number of hydrogen-bond donors (Lipinski definition) is 1. The maximum Gasteiger partial charge on any atom is 0.187 e. The van der Waals surface area contributed by atoms with Gasteiger partial charge >= 0.3 is 0 Å². The predicted molar refractivity (Wildman–Crippen MR) is 70.2 cm³/mol. The first-order valence-corrected chi connectivity index (χ1v) is 7.09. The van der Waals surface area contributed by atoms with Gasteiger partial charge in [0.1, 0.15) is 5.69 Å². The van der Waals surface area contributed by atoms with Crippen LogP contribution in [-0.4, -0.2) is 52.7 Å². The van der Waals surface area contributed by atoms with Crippen molar-refractivity contribution in [3.8, 4) is 0 Å². The Morgan fingerprint density at radius 2 is 2.45 bits per heavy atom. The van der Waals surface area contributed by atoms with Gasteiger partial charge < -0.3 is 15.2 Å². The molecule has 0 aromatic carbocycles. The highest BCUT2D eigenvalue weighted by atomic mass is 16.6. The number of carbonyl (C=O) groups excluding carboxylic acids is 1. The Hall–Kier alpha value is -1.31. The van der Waals surface area contributed by atoms with Crippen LogP contribution in [0, 0.1) is 5.92 Å². The van der Waals surface area contributed by atoms with Gasteiger partial charge in [-0.3, -0.25) is 9.48 Å². The number of nitrogens with two attached hydrogens (primary N) is 1. The van der Waals surface area contributed by atoms with Gasteiger partial charge in [-0.1, -0.05) is 5.21 Å². The molecule has 0 saturated carbocycles. The second-order valence-corrected chi connectivity index (χ2v) is 5.54. The zero-order chi connectivity index (χ0) is 14.0. The fourth-order valence-electron chi connectivity index (χ4n) is 2.98. The van der Waals surface area contributed by atoms with E-state index >= 15 is 0 Å². The summed E-state index contributed by atoms with van der Waals surface area (Å²) in [5.41, 5.74) is 5.64. The molecule has 2 saturated heterocycles. The molecule has 0 radical (unpaired) electrons. The summed E-state index contributed by atoms with van der Waals surface area (Å²) in [4.78, 5) is 12.5. The first kappa shape index (κ1) is 13.7. The molecule has 2 aliphatic heterocycles. The zero-order valence-electron chi connectivity index (χ0n) is 11.5. The highest BCUT2D eigenvalue weighted by Crippen LogP contribution is 2.36. The monoisotopic (exact) mass is 280 g/mol. The molecule has 20 heavy (non-hydrogen) atoms. The lowest BCUT2D eigenvalue weighted by Crippen LogP contribution is -2.42. The molecule has 2 fully saturated rings. The van der Waals surface area contributed by atoms with Crippen LogP contribution < -0.4 is 5.73 Å². The van der Waals surface area contributed by atoms with Gasteiger partial charge in [-0.05, 0) is 12.8 Å². The number of nitrogens with zero attached hydrogens (tertiary/aromatic N) is 3. The Bertz CT molecular complexity index is 482. The van der Waals surface area contributed by atoms with E-state index in [2.05, 4.69) is 10.3 Å². The van der Waals surface area contributed by atoms with Crippen molar-refractivity contribution >= 4 is 5.78 Å². The van der Waals surface area contributed by atoms with E-state index in [0.717, 1.165) is 19.3 Å². The summed E-state index contributed by atoms with van der Waals surface area (Å²) in [5, 5.41) is 7.88. The Morgan fingerprint density at radius 1 is 1.55 bits per heavy atom. The molecule has 110 valence electrons. The maximum atomic E-state index is 12.5. The summed E-state index contributed by atoms with van der Waals surface area (Å²) in [6.45, 7) is 2.97. The number of carbonyl (C=O) groups is 1. The normalized spacial score (nSPS) is 29.9. The fourth-order valence-corrected chi connectivity index (χ4v) is 2.98. The SMILES string of the molecule is NCCn1cc(C(=O)C2CCOC3(CCOC3)C2)nn1. The Kier molecular flexibility index (Phi) is 3.82. The van der Waals surface area contributed by atoms with Gasteiger partial charge in [-0.15, -0.1) is 5.10 Å². The number of hydrogen-bond acceptors (Lipinski definition) is 6. The van der Waals surface area contributed by atoms with Gasteiger partial charge in [0.15, 0.2) is 5.78 Å². The first-order chi connectivity index (χ1) is 9.72. The van der Waals surface area contributed by atoms with E-state index in [1.165, 1.54) is 0 Å². The van der Waals surface area contributed by atoms with Crippen molar-refractivity contribution in [2.45, 2.75) is 31.4 Å². The van der Waals surface area contributed by atoms with Crippen molar-refractivity contribution in [2.75, 3.05) is 26.4 Å². The molecular weight excluding hydrogens is 260 g/mol. The molecular formula is C13H20N4O3. The lowest BCUT2D eigenvalue weighted by Gasteiger charge is -2.36. The molecule has 0 aliphatic carbocycles. The van der Waals surface area contributed by atoms with E-state index in [1.807, 2.05) is 0 Å². The summed E-state index contributed by atoms with van der Waals surface area (Å²) >= 11 is 0. The largest absolute Gasteiger partial charge is 0.378 e. The van der Waals surface area contributed by atoms with Crippen molar-refractivity contribution in [1.82, 2.24) is 15.0 Å². The van der Waals surface area contributed by atoms with E-state index in [0.29, 0.717) is 38.6 Å². The number of Topliss-reactive ketones (excluding diaryl/α,β-unsaturated/α-hetero) is 1. The van der Waals surface area contributed by atoms with Gasteiger partial charge in [0.05, 0.1) is 24.9 Å². The van der Waals surface area contributed by atoms with Crippen LogP contribution in [-0.2, 0) is 16.0 Å². The van der Waals surface area contributed by atoms with Crippen LogP contribution in [0.4, 0.5) is 0 Å². The lowest BCUT2D eigenvalue weighted by molar-refractivity contribution is -0.0921. The van der Waals surface area contributed by atoms with Gasteiger partial charge in [-0.25, -0.2) is 0 Å². The minimum atomic E-state index is -0.258. The second kappa shape index (κ2) is 5.59. The fraction of sp³-hybridized carbons (Fsp3) is 0.769. The molecule has 7 heteroatoms. The maximum absolute atomic E-state index is 12.5. The van der Waals surface area contributed by atoms with Crippen molar-refractivity contribution in [1.29, 1.82) is 0 Å². The topological polar surface area (TPSA) is 92.3 Å². The third-order valence-corrected chi connectivity index (χ3v) is 4.08. The smallest absolute Gasteiger partial charge is 0.187 e. The van der Waals surface area contributed by atoms with E-state index in [1.54, 1.807) is 10.9 Å². The molecule has 2 aliphatic rings. The zero-order valence-corrected chi connectivity index (χ0v) is 11.5. The quantitative estimate of drug-likeness (QED) is 0.781. The Balaban J connectivity index is 1.69. The number of rotatable bonds is 4. The predicted octanol–water partition coefficient (Wildman–Crippen LogP) is 0.00520. The molecule has 0 bridgehead atoms. The molecule has 1 spiro atoms. The molecule has 3 heterocycles. The van der Waals surface area contributed by atoms with Gasteiger partial charge in [-0.2, -0.15) is 0 Å². The molecule has 1 aromatic heterocycles. The van der Waals surface area contributed by atoms with Crippen molar-refractivity contribution in [3.63, 3.8) is 0 Å². The third kappa shape index (κ3) is 2.61. The van der Waals surface area contributed by atoms with Crippen LogP contribution in [0.1, 0.15) is 29.8 Å². The van der Waals surface area contributed by atoms with Crippen LogP contribution >= 0.6 is 0 Å². The molecule has 2 atom stereocenters. The van der Waals surface area contributed by atoms with E-state index in [-0.39, 0.29) is 17.3 Å². The average molecular weight is 280 g/mol. The van der Waals surface area contributed by atoms with Crippen molar-refractivity contribution < 1.29 is 14.3 Å². The Morgan fingerprint density at radius 3 is 3.20 bits per heavy atom. The van der Waals surface area contributed by atoms with Crippen LogP contribution in [0.5, 0.6) is 0 Å². The van der Waals surface area contributed by atoms with Crippen molar-refractivity contribution in [3.05, 3.63) is 11.9 Å². The molecule has 3 rings (SSSR count). The number of ketones is 1. The van der Waals surface area contributed by atoms with Crippen LogP contribution in [0.3, 0.4) is 0 Å². The van der Waals surface area contributed by atoms with E-state index in [4.69, 9.17) is 15.2 Å². The third-order valence-electron chi connectivity index (χ3n) is 4.08. The summed E-state index contributed by atoms with van der Waals surface area (Å²) in [6.07, 6.45) is 4.01. The summed E-state index contributed by atoms with van der Waals surface area (Å²) in [5.74, 6) is 0.0105. The molecule has 0 amide bonds.